The zero-order valence-electron chi connectivity index (χ0n) is 20.6. The number of allylic oxidation sites excluding steroid dienone is 6. The van der Waals surface area contributed by atoms with Crippen LogP contribution in [0.3, 0.4) is 0 Å². The van der Waals surface area contributed by atoms with Crippen LogP contribution >= 0.6 is 0 Å². The van der Waals surface area contributed by atoms with Gasteiger partial charge in [-0.05, 0) is 0 Å². The molecule has 0 spiro atoms. The van der Waals surface area contributed by atoms with E-state index in [-0.39, 0.29) is 0 Å². The normalized spacial score (nSPS) is 13.1. The predicted molar refractivity (Wildman–Crippen MR) is 135 cm³/mol. The van der Waals surface area contributed by atoms with Crippen molar-refractivity contribution in [3.05, 3.63) is 34.9 Å². The molecule has 0 saturated heterocycles. The quantitative estimate of drug-likeness (QED) is 0.139. The Labute approximate surface area is 183 Å². The molecule has 0 radical (unpaired) electrons. The van der Waals surface area contributed by atoms with Crippen LogP contribution < -0.4 is 0 Å². The Morgan fingerprint density at radius 3 is 1.46 bits per heavy atom. The van der Waals surface area contributed by atoms with E-state index >= 15 is 0 Å². The summed E-state index contributed by atoms with van der Waals surface area (Å²) in [4.78, 5) is 0. The van der Waals surface area contributed by atoms with Crippen LogP contribution in [0.15, 0.2) is 34.9 Å². The number of rotatable bonds is 17. The average molecular weight is 495 g/mol. The molecule has 0 saturated carbocycles. The van der Waals surface area contributed by atoms with E-state index in [2.05, 4.69) is 66.7 Å². The van der Waals surface area contributed by atoms with Crippen molar-refractivity contribution in [1.29, 1.82) is 0 Å². The molecule has 0 heterocycles. The molecule has 0 fully saturated rings. The van der Waals surface area contributed by atoms with Crippen LogP contribution in [0, 0.1) is 0 Å². The summed E-state index contributed by atoms with van der Waals surface area (Å²) in [6.45, 7) is 16.2. The molecule has 0 aromatic carbocycles. The van der Waals surface area contributed by atoms with E-state index in [9.17, 15) is 0 Å². The molecule has 0 rings (SSSR count). The van der Waals surface area contributed by atoms with Crippen LogP contribution in [-0.4, -0.2) is 18.4 Å². The summed E-state index contributed by atoms with van der Waals surface area (Å²) in [5, 5.41) is 0. The van der Waals surface area contributed by atoms with E-state index in [4.69, 9.17) is 0 Å². The average Bonchev–Trinajstić information content (AvgIpc) is 2.66. The van der Waals surface area contributed by atoms with E-state index in [0.29, 0.717) is 0 Å². The first kappa shape index (κ1) is 28.0. The fraction of sp³-hybridized carbons (Fsp3) is 0.778. The van der Waals surface area contributed by atoms with Gasteiger partial charge in [-0.2, -0.15) is 0 Å². The maximum absolute atomic E-state index is 2.70. The SMILES string of the molecule is CCC[CH2][Sn]([CH2]/C=C(\C)CC/C=C(\C)CCC=C(C)C)([CH2]CCC)[CH2]CCC. The fourth-order valence-electron chi connectivity index (χ4n) is 4.07. The molecular weight excluding hydrogens is 443 g/mol. The maximum atomic E-state index is 2.70. The van der Waals surface area contributed by atoms with Crippen LogP contribution in [0.1, 0.15) is 113 Å². The fourth-order valence-corrected chi connectivity index (χ4v) is 19.6. The molecule has 0 atom stereocenters. The third-order valence-corrected chi connectivity index (χ3v) is 21.4. The summed E-state index contributed by atoms with van der Waals surface area (Å²) < 4.78 is 6.43. The molecule has 0 bridgehead atoms. The third-order valence-electron chi connectivity index (χ3n) is 6.19. The minimum absolute atomic E-state index is 1.20. The summed E-state index contributed by atoms with van der Waals surface area (Å²) in [6, 6.07) is 0. The Morgan fingerprint density at radius 2 is 1.04 bits per heavy atom. The Bertz CT molecular complexity index is 441. The zero-order chi connectivity index (χ0) is 21.3. The zero-order valence-corrected chi connectivity index (χ0v) is 23.5. The molecule has 0 aromatic heterocycles. The third kappa shape index (κ3) is 14.9. The Morgan fingerprint density at radius 1 is 0.607 bits per heavy atom. The minimum atomic E-state index is -1.97. The summed E-state index contributed by atoms with van der Waals surface area (Å²) in [5.41, 5.74) is 4.65. The van der Waals surface area contributed by atoms with Gasteiger partial charge in [-0.3, -0.25) is 0 Å². The first-order valence-electron chi connectivity index (χ1n) is 12.3. The van der Waals surface area contributed by atoms with Crippen molar-refractivity contribution in [2.45, 2.75) is 130 Å². The van der Waals surface area contributed by atoms with Gasteiger partial charge in [-0.15, -0.1) is 0 Å². The van der Waals surface area contributed by atoms with Crippen molar-refractivity contribution in [3.63, 3.8) is 0 Å². The van der Waals surface area contributed by atoms with Gasteiger partial charge in [-0.1, -0.05) is 0 Å². The van der Waals surface area contributed by atoms with Crippen molar-refractivity contribution in [3.8, 4) is 0 Å². The molecule has 0 aliphatic carbocycles. The first-order chi connectivity index (χ1) is 13.4. The Balaban J connectivity index is 4.74. The van der Waals surface area contributed by atoms with Crippen LogP contribution in [0.4, 0.5) is 0 Å². The molecule has 0 aliphatic heterocycles. The van der Waals surface area contributed by atoms with Crippen LogP contribution in [0.5, 0.6) is 0 Å². The molecule has 0 amide bonds. The molecule has 28 heavy (non-hydrogen) atoms. The van der Waals surface area contributed by atoms with Gasteiger partial charge in [0.1, 0.15) is 0 Å². The van der Waals surface area contributed by atoms with Crippen molar-refractivity contribution in [1.82, 2.24) is 0 Å². The van der Waals surface area contributed by atoms with Gasteiger partial charge in [0, 0.05) is 0 Å². The molecular formula is C27H52Sn. The Hall–Kier alpha value is 0.0187. The van der Waals surface area contributed by atoms with Crippen LogP contribution in [0.25, 0.3) is 0 Å². The van der Waals surface area contributed by atoms with E-state index in [1.54, 1.807) is 24.5 Å². The van der Waals surface area contributed by atoms with Gasteiger partial charge in [0.25, 0.3) is 0 Å². The van der Waals surface area contributed by atoms with Crippen molar-refractivity contribution in [2.75, 3.05) is 0 Å². The van der Waals surface area contributed by atoms with Gasteiger partial charge < -0.3 is 0 Å². The molecule has 1 heteroatoms. The second-order valence-corrected chi connectivity index (χ2v) is 23.5. The summed E-state index contributed by atoms with van der Waals surface area (Å²) in [7, 11) is 0. The Kier molecular flexibility index (Phi) is 17.9. The second-order valence-electron chi connectivity index (χ2n) is 9.47. The monoisotopic (exact) mass is 496 g/mol. The van der Waals surface area contributed by atoms with Gasteiger partial charge in [0.15, 0.2) is 0 Å². The number of hydrogen-bond acceptors (Lipinski definition) is 0. The first-order valence-corrected chi connectivity index (χ1v) is 20.4. The second kappa shape index (κ2) is 17.8. The van der Waals surface area contributed by atoms with Crippen LogP contribution in [0.2, 0.25) is 17.7 Å². The van der Waals surface area contributed by atoms with Crippen molar-refractivity contribution in [2.24, 2.45) is 0 Å². The summed E-state index contributed by atoms with van der Waals surface area (Å²) in [6.07, 6.45) is 21.1. The number of unbranched alkanes of at least 4 members (excludes halogenated alkanes) is 3. The van der Waals surface area contributed by atoms with E-state index in [0.717, 1.165) is 0 Å². The van der Waals surface area contributed by atoms with Gasteiger partial charge in [0.05, 0.1) is 0 Å². The molecule has 0 unspecified atom stereocenters. The summed E-state index contributed by atoms with van der Waals surface area (Å²) in [5.74, 6) is 0. The molecule has 0 N–H and O–H groups in total. The van der Waals surface area contributed by atoms with E-state index in [1.165, 1.54) is 74.2 Å². The standard InChI is InChI=1S/C15H25.3C4H9.Sn/c1-6-14(4)10-8-12-15(5)11-7-9-13(2)3;3*1-3-4-2;/h6,9,12H,1,7-8,10-11H2,2-5H3;3*1,3-4H2,2H3;/b14-6+,15-12+;;;;. The molecule has 0 aliphatic rings. The van der Waals surface area contributed by atoms with Crippen LogP contribution in [-0.2, 0) is 0 Å². The predicted octanol–water partition coefficient (Wildman–Crippen LogP) is 10.3. The van der Waals surface area contributed by atoms with Gasteiger partial charge in [-0.25, -0.2) is 0 Å². The van der Waals surface area contributed by atoms with Crippen molar-refractivity contribution >= 4 is 18.4 Å². The summed E-state index contributed by atoms with van der Waals surface area (Å²) >= 11 is -1.97. The van der Waals surface area contributed by atoms with Gasteiger partial charge >= 0.3 is 184 Å². The van der Waals surface area contributed by atoms with Gasteiger partial charge in [0.2, 0.25) is 0 Å². The molecule has 0 aromatic rings. The number of hydrogen-bond donors (Lipinski definition) is 0. The van der Waals surface area contributed by atoms with E-state index < -0.39 is 18.4 Å². The molecule has 0 nitrogen and oxygen atoms in total. The molecule has 164 valence electrons. The van der Waals surface area contributed by atoms with Crippen molar-refractivity contribution < 1.29 is 0 Å². The topological polar surface area (TPSA) is 0 Å². The van der Waals surface area contributed by atoms with E-state index in [1.807, 2.05) is 0 Å².